The number of nitrogens with one attached hydrogen (secondary N) is 1. The second-order valence-electron chi connectivity index (χ2n) is 7.61. The van der Waals surface area contributed by atoms with Crippen LogP contribution >= 0.6 is 0 Å². The Bertz CT molecular complexity index is 1110. The lowest BCUT2D eigenvalue weighted by Gasteiger charge is -2.29. The van der Waals surface area contributed by atoms with E-state index < -0.39 is 15.9 Å². The largest absolute Gasteiger partial charge is 0.482 e. The summed E-state index contributed by atoms with van der Waals surface area (Å²) in [6.45, 7) is 2.55. The molecule has 2 aromatic rings. The van der Waals surface area contributed by atoms with Gasteiger partial charge in [0.2, 0.25) is 15.9 Å². The molecule has 0 saturated carbocycles. The fourth-order valence-corrected chi connectivity index (χ4v) is 5.34. The Hall–Kier alpha value is -2.91. The molecule has 2 aromatic carbocycles. The van der Waals surface area contributed by atoms with Crippen LogP contribution in [0, 0.1) is 0 Å². The molecular weight excluding hydrogens is 418 g/mol. The summed E-state index contributed by atoms with van der Waals surface area (Å²) < 4.78 is 32.8. The molecule has 0 unspecified atom stereocenters. The van der Waals surface area contributed by atoms with Gasteiger partial charge in [0, 0.05) is 18.8 Å². The predicted molar refractivity (Wildman–Crippen MR) is 117 cm³/mol. The summed E-state index contributed by atoms with van der Waals surface area (Å²) in [7, 11) is -3.66. The summed E-state index contributed by atoms with van der Waals surface area (Å²) in [6.07, 6.45) is 2.50. The van der Waals surface area contributed by atoms with Gasteiger partial charge in [-0.2, -0.15) is 4.31 Å². The highest BCUT2D eigenvalue weighted by Crippen LogP contribution is 2.35. The average Bonchev–Trinajstić information content (AvgIpc) is 3.31. The molecule has 4 rings (SSSR count). The van der Waals surface area contributed by atoms with E-state index in [1.54, 1.807) is 12.1 Å². The number of nitrogens with zero attached hydrogens (tertiary/aromatic N) is 2. The molecule has 2 heterocycles. The molecule has 0 bridgehead atoms. The molecule has 31 heavy (non-hydrogen) atoms. The Labute approximate surface area is 181 Å². The fraction of sp³-hybridized carbons (Fsp3) is 0.364. The number of hydrogen-bond donors (Lipinski definition) is 1. The molecule has 164 valence electrons. The number of carbonyl (C=O) groups is 2. The van der Waals surface area contributed by atoms with E-state index in [-0.39, 0.29) is 29.6 Å². The number of ether oxygens (including phenoxy) is 1. The van der Waals surface area contributed by atoms with Crippen LogP contribution in [0.25, 0.3) is 0 Å². The highest BCUT2D eigenvalue weighted by Gasteiger charge is 2.32. The molecule has 8 nitrogen and oxygen atoms in total. The number of rotatable bonds is 6. The zero-order chi connectivity index (χ0) is 22.0. The van der Waals surface area contributed by atoms with Gasteiger partial charge in [-0.3, -0.25) is 14.5 Å². The Balaban J connectivity index is 1.58. The van der Waals surface area contributed by atoms with Crippen molar-refractivity contribution in [2.45, 2.75) is 31.1 Å². The van der Waals surface area contributed by atoms with Crippen molar-refractivity contribution < 1.29 is 22.7 Å². The van der Waals surface area contributed by atoms with Crippen LogP contribution in [0.4, 0.5) is 11.4 Å². The first-order valence-corrected chi connectivity index (χ1v) is 11.8. The zero-order valence-electron chi connectivity index (χ0n) is 17.3. The maximum Gasteiger partial charge on any atom is 0.265 e. The predicted octanol–water partition coefficient (Wildman–Crippen LogP) is 2.40. The number of hydrogen-bond acceptors (Lipinski definition) is 5. The van der Waals surface area contributed by atoms with E-state index in [2.05, 4.69) is 5.32 Å². The Morgan fingerprint density at radius 3 is 2.65 bits per heavy atom. The monoisotopic (exact) mass is 443 g/mol. The standard InChI is InChI=1S/C22H25N3O5S/c1-2-16-6-5-7-17(12-16)23-21(26)14-25-19-13-18(8-9-20(19)30-15-22(25)27)31(28,29)24-10-3-4-11-24/h5-9,12-13H,2-4,10-11,14-15H2,1H3,(H,23,26). The molecule has 2 aliphatic rings. The van der Waals surface area contributed by atoms with Crippen LogP contribution in [0.15, 0.2) is 47.4 Å². The molecule has 2 amide bonds. The molecule has 1 saturated heterocycles. The summed E-state index contributed by atoms with van der Waals surface area (Å²) in [6, 6.07) is 11.9. The van der Waals surface area contributed by atoms with E-state index in [4.69, 9.17) is 4.74 Å². The minimum absolute atomic E-state index is 0.0903. The Morgan fingerprint density at radius 1 is 1.13 bits per heavy atom. The molecule has 9 heteroatoms. The first kappa shape index (κ1) is 21.3. The molecule has 0 aliphatic carbocycles. The van der Waals surface area contributed by atoms with Gasteiger partial charge in [-0.1, -0.05) is 19.1 Å². The van der Waals surface area contributed by atoms with Crippen LogP contribution in [-0.4, -0.2) is 50.8 Å². The number of fused-ring (bicyclic) bond motifs is 1. The van der Waals surface area contributed by atoms with E-state index in [0.29, 0.717) is 24.5 Å². The molecular formula is C22H25N3O5S. The molecule has 0 radical (unpaired) electrons. The summed E-state index contributed by atoms with van der Waals surface area (Å²) in [4.78, 5) is 26.5. The highest BCUT2D eigenvalue weighted by atomic mass is 32.2. The number of aryl methyl sites for hydroxylation is 1. The quantitative estimate of drug-likeness (QED) is 0.740. The van der Waals surface area contributed by atoms with Crippen molar-refractivity contribution in [2.75, 3.05) is 36.5 Å². The molecule has 0 aromatic heterocycles. The fourth-order valence-electron chi connectivity index (χ4n) is 3.81. The third-order valence-electron chi connectivity index (χ3n) is 5.50. The lowest BCUT2D eigenvalue weighted by Crippen LogP contribution is -2.43. The normalized spacial score (nSPS) is 16.7. The topological polar surface area (TPSA) is 96.0 Å². The molecule has 0 spiro atoms. The van der Waals surface area contributed by atoms with Crippen molar-refractivity contribution in [3.05, 3.63) is 48.0 Å². The van der Waals surface area contributed by atoms with Crippen LogP contribution in [0.1, 0.15) is 25.3 Å². The van der Waals surface area contributed by atoms with Gasteiger partial charge in [0.1, 0.15) is 12.3 Å². The van der Waals surface area contributed by atoms with Crippen molar-refractivity contribution in [3.8, 4) is 5.75 Å². The number of anilines is 2. The Kier molecular flexibility index (Phi) is 5.97. The van der Waals surface area contributed by atoms with Gasteiger partial charge in [-0.25, -0.2) is 8.42 Å². The van der Waals surface area contributed by atoms with E-state index >= 15 is 0 Å². The van der Waals surface area contributed by atoms with Gasteiger partial charge in [0.05, 0.1) is 10.6 Å². The van der Waals surface area contributed by atoms with Crippen LogP contribution in [0.5, 0.6) is 5.75 Å². The lowest BCUT2D eigenvalue weighted by atomic mass is 10.1. The van der Waals surface area contributed by atoms with Gasteiger partial charge in [-0.05, 0) is 55.2 Å². The van der Waals surface area contributed by atoms with Crippen LogP contribution < -0.4 is 15.0 Å². The van der Waals surface area contributed by atoms with E-state index in [1.807, 2.05) is 25.1 Å². The number of amides is 2. The zero-order valence-corrected chi connectivity index (χ0v) is 18.2. The van der Waals surface area contributed by atoms with Gasteiger partial charge in [-0.15, -0.1) is 0 Å². The minimum atomic E-state index is -3.66. The second kappa shape index (κ2) is 8.68. The minimum Gasteiger partial charge on any atom is -0.482 e. The van der Waals surface area contributed by atoms with Gasteiger partial charge in [0.25, 0.3) is 5.91 Å². The maximum atomic E-state index is 12.9. The number of sulfonamides is 1. The van der Waals surface area contributed by atoms with Crippen molar-refractivity contribution in [3.63, 3.8) is 0 Å². The lowest BCUT2D eigenvalue weighted by molar-refractivity contribution is -0.123. The molecule has 0 atom stereocenters. The summed E-state index contributed by atoms with van der Waals surface area (Å²) in [5.41, 5.74) is 2.02. The van der Waals surface area contributed by atoms with Crippen molar-refractivity contribution >= 4 is 33.2 Å². The Morgan fingerprint density at radius 2 is 1.90 bits per heavy atom. The SMILES string of the molecule is CCc1cccc(NC(=O)CN2C(=O)COc3ccc(S(=O)(=O)N4CCCC4)cc32)c1. The summed E-state index contributed by atoms with van der Waals surface area (Å²) in [5, 5.41) is 2.80. The number of benzene rings is 2. The van der Waals surface area contributed by atoms with Crippen molar-refractivity contribution in [1.29, 1.82) is 0 Å². The maximum absolute atomic E-state index is 12.9. The van der Waals surface area contributed by atoms with Gasteiger partial charge >= 0.3 is 0 Å². The van der Waals surface area contributed by atoms with Crippen LogP contribution in [0.3, 0.4) is 0 Å². The van der Waals surface area contributed by atoms with Crippen LogP contribution in [0.2, 0.25) is 0 Å². The van der Waals surface area contributed by atoms with E-state index in [9.17, 15) is 18.0 Å². The molecule has 2 aliphatic heterocycles. The molecule has 1 N–H and O–H groups in total. The van der Waals surface area contributed by atoms with Gasteiger partial charge < -0.3 is 10.1 Å². The van der Waals surface area contributed by atoms with Crippen LogP contribution in [-0.2, 0) is 26.0 Å². The molecule has 1 fully saturated rings. The third-order valence-corrected chi connectivity index (χ3v) is 7.39. The average molecular weight is 444 g/mol. The van der Waals surface area contributed by atoms with Gasteiger partial charge in [0.15, 0.2) is 6.61 Å². The first-order chi connectivity index (χ1) is 14.9. The smallest absolute Gasteiger partial charge is 0.265 e. The van der Waals surface area contributed by atoms with E-state index in [0.717, 1.165) is 24.8 Å². The summed E-state index contributed by atoms with van der Waals surface area (Å²) >= 11 is 0. The second-order valence-corrected chi connectivity index (χ2v) is 9.55. The highest BCUT2D eigenvalue weighted by molar-refractivity contribution is 7.89. The number of carbonyl (C=O) groups excluding carboxylic acids is 2. The van der Waals surface area contributed by atoms with Crippen molar-refractivity contribution in [2.24, 2.45) is 0 Å². The first-order valence-electron chi connectivity index (χ1n) is 10.3. The summed E-state index contributed by atoms with van der Waals surface area (Å²) in [5.74, 6) is -0.399. The van der Waals surface area contributed by atoms with E-state index in [1.165, 1.54) is 21.3 Å². The van der Waals surface area contributed by atoms with Crippen molar-refractivity contribution in [1.82, 2.24) is 4.31 Å². The third kappa shape index (κ3) is 4.42.